The average Bonchev–Trinajstić information content (AvgIpc) is 3.89. The molecule has 4 aromatic rings. The van der Waals surface area contributed by atoms with Crippen molar-refractivity contribution in [1.29, 1.82) is 0 Å². The smallest absolute Gasteiger partial charge is 0.330 e. The van der Waals surface area contributed by atoms with E-state index in [2.05, 4.69) is 59.1 Å². The standard InChI is InChI=1S/C36H48N7O11PSSi/c1-20-15-42(34(46)41-31(20)44)25-14-22(23(50-25)17-49-57(7,8)35(2,3)4)54-55(47,56)48-16-24-27-28(53-36(5,6)52-27)33(51-24)43-19-39-26-29(37-18-38-30(26)43)40-32(45)21-12-10-9-11-13-21/h9-13,15,18-19,22-25,27-28,33H,14,16-17H2,1-8H3,(H,47,56)(H,41,44,46)(H,37,38,40,45)/t22-,23+,24+,25+,27+,28+,33+,55?/m0/s1. The molecule has 1 amide bonds. The number of carbonyl (C=O) groups is 1. The minimum absolute atomic E-state index is 0.0999. The number of nitrogens with one attached hydrogen (secondary N) is 2. The topological polar surface area (TPSA) is 212 Å². The van der Waals surface area contributed by atoms with Crippen molar-refractivity contribution in [2.24, 2.45) is 0 Å². The van der Waals surface area contributed by atoms with Crippen molar-refractivity contribution in [3.63, 3.8) is 0 Å². The Balaban J connectivity index is 1.08. The van der Waals surface area contributed by atoms with E-state index >= 15 is 0 Å². The summed E-state index contributed by atoms with van der Waals surface area (Å²) < 4.78 is 46.9. The van der Waals surface area contributed by atoms with E-state index in [-0.39, 0.29) is 36.4 Å². The predicted molar refractivity (Wildman–Crippen MR) is 213 cm³/mol. The Labute approximate surface area is 334 Å². The van der Waals surface area contributed by atoms with Crippen LogP contribution in [-0.4, -0.2) is 97.7 Å². The van der Waals surface area contributed by atoms with Crippen LogP contribution in [0.15, 0.2) is 58.8 Å². The molecule has 3 aliphatic rings. The van der Waals surface area contributed by atoms with Crippen LogP contribution in [0.25, 0.3) is 11.2 Å². The van der Waals surface area contributed by atoms with E-state index in [4.69, 9.17) is 44.2 Å². The van der Waals surface area contributed by atoms with E-state index in [9.17, 15) is 19.3 Å². The third-order valence-electron chi connectivity index (χ3n) is 10.7. The third-order valence-corrected chi connectivity index (χ3v) is 16.8. The Morgan fingerprint density at radius 3 is 2.51 bits per heavy atom. The highest BCUT2D eigenvalue weighted by Gasteiger charge is 2.56. The van der Waals surface area contributed by atoms with Gasteiger partial charge in [0.05, 0.1) is 25.6 Å². The van der Waals surface area contributed by atoms with Crippen LogP contribution in [0.5, 0.6) is 0 Å². The quantitative estimate of drug-likeness (QED) is 0.134. The molecule has 3 aliphatic heterocycles. The summed E-state index contributed by atoms with van der Waals surface area (Å²) in [6.07, 6.45) is -0.926. The molecule has 0 radical (unpaired) electrons. The van der Waals surface area contributed by atoms with Crippen LogP contribution in [0.3, 0.4) is 0 Å². The van der Waals surface area contributed by atoms with Crippen LogP contribution in [0.2, 0.25) is 18.1 Å². The highest BCUT2D eigenvalue weighted by molar-refractivity contribution is 8.07. The number of fused-ring (bicyclic) bond motifs is 2. The first kappa shape index (κ1) is 41.6. The van der Waals surface area contributed by atoms with E-state index in [0.717, 1.165) is 0 Å². The van der Waals surface area contributed by atoms with Crippen molar-refractivity contribution in [3.8, 4) is 0 Å². The molecule has 57 heavy (non-hydrogen) atoms. The number of ether oxygens (including phenoxy) is 4. The summed E-state index contributed by atoms with van der Waals surface area (Å²) in [5.41, 5.74) is 0.353. The van der Waals surface area contributed by atoms with Crippen LogP contribution in [0, 0.1) is 6.92 Å². The lowest BCUT2D eigenvalue weighted by atomic mass is 10.1. The number of aromatic amines is 1. The monoisotopic (exact) mass is 845 g/mol. The Hall–Kier alpha value is -3.53. The number of benzene rings is 1. The summed E-state index contributed by atoms with van der Waals surface area (Å²) in [5, 5.41) is 2.71. The molecule has 21 heteroatoms. The molecule has 3 N–H and O–H groups in total. The van der Waals surface area contributed by atoms with Crippen molar-refractivity contribution in [2.75, 3.05) is 18.5 Å². The van der Waals surface area contributed by atoms with E-state index in [1.54, 1.807) is 49.6 Å². The van der Waals surface area contributed by atoms with Gasteiger partial charge in [0.25, 0.3) is 11.5 Å². The Kier molecular flexibility index (Phi) is 11.4. The fourth-order valence-corrected chi connectivity index (χ4v) is 9.21. The number of rotatable bonds is 12. The lowest BCUT2D eigenvalue weighted by Gasteiger charge is -2.37. The maximum absolute atomic E-state index is 12.9. The van der Waals surface area contributed by atoms with E-state index < -0.39 is 75.0 Å². The molecule has 1 unspecified atom stereocenters. The molecule has 3 saturated heterocycles. The highest BCUT2D eigenvalue weighted by atomic mass is 32.5. The van der Waals surface area contributed by atoms with Crippen molar-refractivity contribution < 1.29 is 42.1 Å². The SMILES string of the molecule is Cc1cn([C@H]2C[C@H](OP(O)(=S)OC[C@H]3O[C@@H](n4cnc5c(NC(=O)c6ccccc6)ncnc54)[C@@H]4OC(C)(C)O[C@@H]43)[C@@H](CO[Si](C)(C)C(C)(C)C)O2)c(=O)[nH]c1=O. The second-order valence-electron chi connectivity index (χ2n) is 16.3. The number of carbonyl (C=O) groups excluding carboxylic acids is 1. The third kappa shape index (κ3) is 8.77. The van der Waals surface area contributed by atoms with Crippen LogP contribution in [0.1, 0.15) is 69.4 Å². The second-order valence-corrected chi connectivity index (χ2v) is 23.9. The van der Waals surface area contributed by atoms with Crippen molar-refractivity contribution in [1.82, 2.24) is 29.1 Å². The second kappa shape index (κ2) is 15.6. The maximum atomic E-state index is 12.9. The van der Waals surface area contributed by atoms with E-state index in [1.807, 2.05) is 6.07 Å². The molecule has 308 valence electrons. The summed E-state index contributed by atoms with van der Waals surface area (Å²) >= 11 is 5.55. The van der Waals surface area contributed by atoms with Gasteiger partial charge in [-0.25, -0.2) is 19.7 Å². The van der Waals surface area contributed by atoms with Gasteiger partial charge in [0.1, 0.15) is 37.0 Å². The molecule has 8 atom stereocenters. The van der Waals surface area contributed by atoms with Gasteiger partial charge < -0.3 is 42.6 Å². The molecule has 0 saturated carbocycles. The number of amides is 1. The minimum Gasteiger partial charge on any atom is -0.414 e. The summed E-state index contributed by atoms with van der Waals surface area (Å²) in [5.74, 6) is -1.13. The highest BCUT2D eigenvalue weighted by Crippen LogP contribution is 2.51. The van der Waals surface area contributed by atoms with Gasteiger partial charge >= 0.3 is 12.4 Å². The van der Waals surface area contributed by atoms with Crippen LogP contribution in [0.4, 0.5) is 5.82 Å². The fraction of sp³-hybridized carbons (Fsp3) is 0.556. The number of imidazole rings is 1. The van der Waals surface area contributed by atoms with E-state index in [0.29, 0.717) is 22.3 Å². The Morgan fingerprint density at radius 1 is 1.07 bits per heavy atom. The molecule has 0 aliphatic carbocycles. The van der Waals surface area contributed by atoms with Crippen LogP contribution >= 0.6 is 6.72 Å². The maximum Gasteiger partial charge on any atom is 0.330 e. The first-order valence-corrected chi connectivity index (χ1v) is 24.0. The number of hydrogen-bond donors (Lipinski definition) is 3. The zero-order valence-corrected chi connectivity index (χ0v) is 35.6. The van der Waals surface area contributed by atoms with Gasteiger partial charge in [-0.1, -0.05) is 39.0 Å². The summed E-state index contributed by atoms with van der Waals surface area (Å²) in [6.45, 7) is 11.6. The minimum atomic E-state index is -4.00. The number of aryl methyl sites for hydroxylation is 1. The summed E-state index contributed by atoms with van der Waals surface area (Å²) in [4.78, 5) is 64.9. The normalized spacial score (nSPS) is 27.1. The van der Waals surface area contributed by atoms with Gasteiger partial charge in [0, 0.05) is 23.7 Å². The van der Waals surface area contributed by atoms with Gasteiger partial charge in [0.15, 0.2) is 37.3 Å². The number of hydrogen-bond acceptors (Lipinski definition) is 14. The molecule has 3 aromatic heterocycles. The summed E-state index contributed by atoms with van der Waals surface area (Å²) in [7, 11) is -2.26. The summed E-state index contributed by atoms with van der Waals surface area (Å²) in [6, 6.07) is 8.73. The Morgan fingerprint density at radius 2 is 1.79 bits per heavy atom. The lowest BCUT2D eigenvalue weighted by molar-refractivity contribution is -0.199. The zero-order valence-electron chi connectivity index (χ0n) is 32.9. The van der Waals surface area contributed by atoms with Crippen LogP contribution in [-0.2, 0) is 44.2 Å². The van der Waals surface area contributed by atoms with Crippen molar-refractivity contribution in [2.45, 2.75) is 115 Å². The first-order chi connectivity index (χ1) is 26.7. The van der Waals surface area contributed by atoms with Gasteiger partial charge in [-0.3, -0.25) is 23.7 Å². The molecule has 18 nitrogen and oxygen atoms in total. The molecule has 6 heterocycles. The lowest BCUT2D eigenvalue weighted by Crippen LogP contribution is -2.44. The van der Waals surface area contributed by atoms with Crippen LogP contribution < -0.4 is 16.6 Å². The number of nitrogens with zero attached hydrogens (tertiary/aromatic N) is 5. The van der Waals surface area contributed by atoms with E-state index in [1.165, 1.54) is 23.4 Å². The van der Waals surface area contributed by atoms with Crippen molar-refractivity contribution in [3.05, 3.63) is 81.1 Å². The molecule has 0 spiro atoms. The fourth-order valence-electron chi connectivity index (χ4n) is 6.72. The van der Waals surface area contributed by atoms with Gasteiger partial charge in [-0.15, -0.1) is 0 Å². The molecular weight excluding hydrogens is 798 g/mol. The number of anilines is 1. The number of aromatic nitrogens is 6. The Bertz CT molecular complexity index is 2300. The zero-order chi connectivity index (χ0) is 41.1. The van der Waals surface area contributed by atoms with Gasteiger partial charge in [-0.05, 0) is 62.8 Å². The molecule has 0 bridgehead atoms. The van der Waals surface area contributed by atoms with Crippen molar-refractivity contribution >= 4 is 49.7 Å². The van der Waals surface area contributed by atoms with Gasteiger partial charge in [0.2, 0.25) is 0 Å². The molecule has 3 fully saturated rings. The molecule has 1 aromatic carbocycles. The number of H-pyrrole nitrogens is 1. The molecular formula is C36H48N7O11PSSi. The largest absolute Gasteiger partial charge is 0.414 e. The first-order valence-electron chi connectivity index (χ1n) is 18.5. The van der Waals surface area contributed by atoms with Gasteiger partial charge in [-0.2, -0.15) is 0 Å². The predicted octanol–water partition coefficient (Wildman–Crippen LogP) is 4.28. The molecule has 7 rings (SSSR count). The average molecular weight is 846 g/mol.